The van der Waals surface area contributed by atoms with Crippen LogP contribution < -0.4 is 21.7 Å². The number of benzene rings is 2. The zero-order chi connectivity index (χ0) is 32.3. The number of aliphatic hydroxyl groups is 1. The number of hydrogen-bond acceptors (Lipinski definition) is 8. The highest BCUT2D eigenvalue weighted by molar-refractivity contribution is 5.96. The first-order valence-corrected chi connectivity index (χ1v) is 14.5. The maximum Gasteiger partial charge on any atom is 0.245 e. The van der Waals surface area contributed by atoms with Crippen molar-refractivity contribution in [3.05, 3.63) is 59.7 Å². The molecule has 11 nitrogen and oxygen atoms in total. The minimum Gasteiger partial charge on any atom is -0.508 e. The smallest absolute Gasteiger partial charge is 0.245 e. The summed E-state index contributed by atoms with van der Waals surface area (Å²) in [4.78, 5) is 52.7. The standard InChI is InChI=1S/C32H46N4O7/c1-19(2)6-15-25(28(40)32(3,4)5)34-31(43)27(18-37)36-30(42)26(17-21-9-13-23(39)14-10-21)35-29(41)24(33)16-20-7-11-22(38)12-8-20/h7-14,19,24-27,37-39H,6,15-18,33H2,1-5H3,(H,34,43)(H,35,41)(H,36,42)/t24-,25-,26-,27-/m1/s1. The van der Waals surface area contributed by atoms with E-state index in [0.717, 1.165) is 0 Å². The molecule has 2 aromatic carbocycles. The number of hydrogen-bond donors (Lipinski definition) is 7. The molecule has 0 heterocycles. The molecular weight excluding hydrogens is 552 g/mol. The highest BCUT2D eigenvalue weighted by Crippen LogP contribution is 2.20. The summed E-state index contributed by atoms with van der Waals surface area (Å²) in [5.41, 5.74) is 6.71. The second-order valence-corrected chi connectivity index (χ2v) is 12.3. The summed E-state index contributed by atoms with van der Waals surface area (Å²) in [6, 6.07) is 7.88. The van der Waals surface area contributed by atoms with Crippen molar-refractivity contribution in [2.24, 2.45) is 17.1 Å². The third-order valence-corrected chi connectivity index (χ3v) is 6.96. The van der Waals surface area contributed by atoms with Gasteiger partial charge < -0.3 is 37.0 Å². The number of phenolic OH excluding ortho intramolecular Hbond substituents is 2. The van der Waals surface area contributed by atoms with E-state index in [0.29, 0.717) is 29.9 Å². The highest BCUT2D eigenvalue weighted by Gasteiger charge is 2.34. The first kappa shape index (κ1) is 35.2. The van der Waals surface area contributed by atoms with E-state index >= 15 is 0 Å². The molecule has 236 valence electrons. The number of rotatable bonds is 15. The van der Waals surface area contributed by atoms with Gasteiger partial charge in [0.15, 0.2) is 5.78 Å². The molecular formula is C32H46N4O7. The van der Waals surface area contributed by atoms with E-state index in [2.05, 4.69) is 16.0 Å². The van der Waals surface area contributed by atoms with Gasteiger partial charge >= 0.3 is 0 Å². The monoisotopic (exact) mass is 598 g/mol. The normalized spacial score (nSPS) is 14.3. The van der Waals surface area contributed by atoms with E-state index in [9.17, 15) is 34.5 Å². The molecule has 3 amide bonds. The fraction of sp³-hybridized carbons (Fsp3) is 0.500. The molecule has 0 radical (unpaired) electrons. The highest BCUT2D eigenvalue weighted by atomic mass is 16.3. The van der Waals surface area contributed by atoms with Crippen LogP contribution >= 0.6 is 0 Å². The Balaban J connectivity index is 2.20. The number of phenols is 2. The molecule has 4 atom stereocenters. The number of carbonyl (C=O) groups excluding carboxylic acids is 4. The predicted octanol–water partition coefficient (Wildman–Crippen LogP) is 1.71. The number of carbonyl (C=O) groups is 4. The molecule has 0 saturated carbocycles. The molecule has 0 aromatic heterocycles. The second kappa shape index (κ2) is 16.0. The zero-order valence-electron chi connectivity index (χ0n) is 25.6. The Kier molecular flexibility index (Phi) is 13.1. The predicted molar refractivity (Wildman–Crippen MR) is 163 cm³/mol. The van der Waals surface area contributed by atoms with Crippen molar-refractivity contribution in [1.29, 1.82) is 0 Å². The van der Waals surface area contributed by atoms with Crippen LogP contribution in [0.1, 0.15) is 58.6 Å². The van der Waals surface area contributed by atoms with E-state index in [4.69, 9.17) is 5.73 Å². The fourth-order valence-corrected chi connectivity index (χ4v) is 4.36. The van der Waals surface area contributed by atoms with Crippen LogP contribution in [-0.4, -0.2) is 69.6 Å². The summed E-state index contributed by atoms with van der Waals surface area (Å²) >= 11 is 0. The Morgan fingerprint density at radius 2 is 1.14 bits per heavy atom. The fourth-order valence-electron chi connectivity index (χ4n) is 4.36. The Bertz CT molecular complexity index is 1220. The topological polar surface area (TPSA) is 191 Å². The summed E-state index contributed by atoms with van der Waals surface area (Å²) in [5.74, 6) is -1.85. The van der Waals surface area contributed by atoms with Crippen molar-refractivity contribution in [3.63, 3.8) is 0 Å². The van der Waals surface area contributed by atoms with Crippen LogP contribution in [0.5, 0.6) is 11.5 Å². The molecule has 0 aliphatic rings. The van der Waals surface area contributed by atoms with Gasteiger partial charge in [0.25, 0.3) is 0 Å². The summed E-state index contributed by atoms with van der Waals surface area (Å²) in [7, 11) is 0. The third kappa shape index (κ3) is 11.7. The first-order valence-electron chi connectivity index (χ1n) is 14.5. The molecule has 2 aromatic rings. The van der Waals surface area contributed by atoms with Gasteiger partial charge in [-0.15, -0.1) is 0 Å². The van der Waals surface area contributed by atoms with Crippen molar-refractivity contribution < 1.29 is 34.5 Å². The van der Waals surface area contributed by atoms with Gasteiger partial charge in [-0.05, 0) is 60.6 Å². The maximum absolute atomic E-state index is 13.4. The van der Waals surface area contributed by atoms with Gasteiger partial charge in [-0.1, -0.05) is 58.9 Å². The zero-order valence-corrected chi connectivity index (χ0v) is 25.6. The number of ketones is 1. The first-order chi connectivity index (χ1) is 20.1. The number of Topliss-reactive ketones (excluding diaryl/α,β-unsaturated/α-hetero) is 1. The number of nitrogens with two attached hydrogens (primary N) is 1. The summed E-state index contributed by atoms with van der Waals surface area (Å²) in [6.45, 7) is 8.57. The molecule has 11 heteroatoms. The molecule has 0 unspecified atom stereocenters. The van der Waals surface area contributed by atoms with Crippen LogP contribution in [0.3, 0.4) is 0 Å². The minimum atomic E-state index is -1.38. The lowest BCUT2D eigenvalue weighted by Crippen LogP contribution is -2.59. The molecule has 0 fully saturated rings. The number of aromatic hydroxyl groups is 2. The van der Waals surface area contributed by atoms with E-state index < -0.39 is 53.9 Å². The molecule has 0 bridgehead atoms. The van der Waals surface area contributed by atoms with Gasteiger partial charge in [-0.2, -0.15) is 0 Å². The Morgan fingerprint density at radius 3 is 1.60 bits per heavy atom. The van der Waals surface area contributed by atoms with Crippen molar-refractivity contribution in [2.75, 3.05) is 6.61 Å². The van der Waals surface area contributed by atoms with Crippen molar-refractivity contribution in [1.82, 2.24) is 16.0 Å². The van der Waals surface area contributed by atoms with Gasteiger partial charge in [-0.25, -0.2) is 0 Å². The summed E-state index contributed by atoms with van der Waals surface area (Å²) < 4.78 is 0. The summed E-state index contributed by atoms with van der Waals surface area (Å²) in [5, 5.41) is 37.0. The molecule has 0 spiro atoms. The molecule has 8 N–H and O–H groups in total. The lowest BCUT2D eigenvalue weighted by Gasteiger charge is -2.28. The van der Waals surface area contributed by atoms with Crippen LogP contribution in [0.25, 0.3) is 0 Å². The van der Waals surface area contributed by atoms with Gasteiger partial charge in [0, 0.05) is 11.8 Å². The molecule has 0 aliphatic heterocycles. The maximum atomic E-state index is 13.4. The van der Waals surface area contributed by atoms with E-state index in [1.165, 1.54) is 24.3 Å². The third-order valence-electron chi connectivity index (χ3n) is 6.96. The van der Waals surface area contributed by atoms with Crippen LogP contribution in [-0.2, 0) is 32.0 Å². The lowest BCUT2D eigenvalue weighted by molar-refractivity contribution is -0.136. The molecule has 2 rings (SSSR count). The molecule has 0 saturated heterocycles. The van der Waals surface area contributed by atoms with Gasteiger partial charge in [0.2, 0.25) is 17.7 Å². The number of nitrogens with one attached hydrogen (secondary N) is 3. The average molecular weight is 599 g/mol. The number of amides is 3. The molecule has 0 aliphatic carbocycles. The second-order valence-electron chi connectivity index (χ2n) is 12.3. The largest absolute Gasteiger partial charge is 0.508 e. The van der Waals surface area contributed by atoms with Crippen molar-refractivity contribution in [3.8, 4) is 11.5 Å². The van der Waals surface area contributed by atoms with Crippen LogP contribution in [0, 0.1) is 11.3 Å². The van der Waals surface area contributed by atoms with Gasteiger partial charge in [0.1, 0.15) is 23.6 Å². The quantitative estimate of drug-likeness (QED) is 0.161. The SMILES string of the molecule is CC(C)CC[C@@H](NC(=O)[C@@H](CO)NC(=O)[C@@H](Cc1ccc(O)cc1)NC(=O)[C@H](N)Cc1ccc(O)cc1)C(=O)C(C)(C)C. The van der Waals surface area contributed by atoms with E-state index in [1.807, 2.05) is 13.8 Å². The van der Waals surface area contributed by atoms with Crippen LogP contribution in [0.4, 0.5) is 0 Å². The van der Waals surface area contributed by atoms with E-state index in [-0.39, 0.29) is 30.1 Å². The van der Waals surface area contributed by atoms with Crippen molar-refractivity contribution in [2.45, 2.75) is 84.5 Å². The minimum absolute atomic E-state index is 0.00305. The van der Waals surface area contributed by atoms with Crippen LogP contribution in [0.2, 0.25) is 0 Å². The van der Waals surface area contributed by atoms with Crippen LogP contribution in [0.15, 0.2) is 48.5 Å². The Morgan fingerprint density at radius 1 is 0.698 bits per heavy atom. The number of aliphatic hydroxyl groups excluding tert-OH is 1. The van der Waals surface area contributed by atoms with Gasteiger partial charge in [-0.3, -0.25) is 19.2 Å². The molecule has 43 heavy (non-hydrogen) atoms. The Hall–Kier alpha value is -3.96. The lowest BCUT2D eigenvalue weighted by atomic mass is 9.84. The summed E-state index contributed by atoms with van der Waals surface area (Å²) in [6.07, 6.45) is 1.24. The Labute approximate surface area is 253 Å². The van der Waals surface area contributed by atoms with E-state index in [1.54, 1.807) is 45.0 Å². The van der Waals surface area contributed by atoms with Gasteiger partial charge in [0.05, 0.1) is 18.7 Å². The average Bonchev–Trinajstić information content (AvgIpc) is 2.94. The van der Waals surface area contributed by atoms with Crippen molar-refractivity contribution >= 4 is 23.5 Å².